The third-order valence-electron chi connectivity index (χ3n) is 6.44. The quantitative estimate of drug-likeness (QED) is 0.333. The zero-order chi connectivity index (χ0) is 26.3. The Morgan fingerprint density at radius 1 is 1.14 bits per heavy atom. The van der Waals surface area contributed by atoms with Gasteiger partial charge in [-0.2, -0.15) is 4.31 Å². The highest BCUT2D eigenvalue weighted by Gasteiger charge is 2.38. The number of carbonyl (C=O) groups is 1. The number of aromatic nitrogens is 3. The second-order valence-electron chi connectivity index (χ2n) is 9.26. The van der Waals surface area contributed by atoms with E-state index in [1.54, 1.807) is 24.4 Å². The average Bonchev–Trinajstić information content (AvgIpc) is 3.44. The van der Waals surface area contributed by atoms with Gasteiger partial charge >= 0.3 is 5.97 Å². The maximum Gasteiger partial charge on any atom is 0.305 e. The van der Waals surface area contributed by atoms with Crippen LogP contribution in [0.1, 0.15) is 29.7 Å². The van der Waals surface area contributed by atoms with Crippen molar-refractivity contribution in [2.75, 3.05) is 32.5 Å². The second kappa shape index (κ2) is 12.4. The van der Waals surface area contributed by atoms with E-state index in [0.717, 1.165) is 12.8 Å². The van der Waals surface area contributed by atoms with Gasteiger partial charge in [0, 0.05) is 31.1 Å². The van der Waals surface area contributed by atoms with Crippen molar-refractivity contribution in [3.63, 3.8) is 0 Å². The van der Waals surface area contributed by atoms with Crippen molar-refractivity contribution in [1.29, 1.82) is 0 Å². The number of esters is 1. The van der Waals surface area contributed by atoms with Crippen LogP contribution in [-0.2, 0) is 39.1 Å². The highest BCUT2D eigenvalue weighted by molar-refractivity contribution is 7.89. The van der Waals surface area contributed by atoms with Crippen LogP contribution in [0.4, 0.5) is 4.39 Å². The van der Waals surface area contributed by atoms with Crippen molar-refractivity contribution in [2.45, 2.75) is 38.4 Å². The third kappa shape index (κ3) is 7.67. The first-order valence-electron chi connectivity index (χ1n) is 12.3. The van der Waals surface area contributed by atoms with Crippen molar-refractivity contribution in [2.24, 2.45) is 0 Å². The van der Waals surface area contributed by atoms with Gasteiger partial charge in [-0.05, 0) is 31.5 Å². The molecule has 2 aromatic carbocycles. The van der Waals surface area contributed by atoms with Gasteiger partial charge in [-0.1, -0.05) is 53.7 Å². The zero-order valence-corrected chi connectivity index (χ0v) is 21.7. The van der Waals surface area contributed by atoms with Crippen molar-refractivity contribution < 1.29 is 22.3 Å². The number of benzene rings is 2. The highest BCUT2D eigenvalue weighted by Crippen LogP contribution is 2.20. The van der Waals surface area contributed by atoms with Crippen LogP contribution in [-0.4, -0.2) is 77.1 Å². The number of nitrogens with zero attached hydrogens (tertiary/aromatic N) is 5. The van der Waals surface area contributed by atoms with E-state index in [-0.39, 0.29) is 43.3 Å². The number of hydrogen-bond acceptors (Lipinski definition) is 7. The number of sulfonamides is 1. The summed E-state index contributed by atoms with van der Waals surface area (Å²) in [4.78, 5) is 14.0. The summed E-state index contributed by atoms with van der Waals surface area (Å²) in [5.41, 5.74) is 2.16. The molecule has 2 heterocycles. The average molecular weight is 530 g/mol. The van der Waals surface area contributed by atoms with Crippen LogP contribution in [0.3, 0.4) is 0 Å². The van der Waals surface area contributed by atoms with E-state index in [1.807, 2.05) is 42.3 Å². The lowest BCUT2D eigenvalue weighted by Crippen LogP contribution is -2.38. The minimum atomic E-state index is -3.47. The van der Waals surface area contributed by atoms with Gasteiger partial charge < -0.3 is 4.74 Å². The van der Waals surface area contributed by atoms with Gasteiger partial charge in [-0.25, -0.2) is 17.5 Å². The Morgan fingerprint density at radius 3 is 2.68 bits per heavy atom. The molecule has 0 N–H and O–H groups in total. The fraction of sp³-hybridized carbons (Fsp3) is 0.423. The Balaban J connectivity index is 1.20. The number of likely N-dealkylation sites (N-methyl/N-ethyl adjacent to an activating group) is 1. The van der Waals surface area contributed by atoms with Gasteiger partial charge in [0.05, 0.1) is 30.7 Å². The maximum atomic E-state index is 13.9. The zero-order valence-electron chi connectivity index (χ0n) is 20.9. The molecule has 1 aromatic heterocycles. The van der Waals surface area contributed by atoms with E-state index in [1.165, 1.54) is 20.6 Å². The number of aryl methyl sites for hydroxylation is 1. The van der Waals surface area contributed by atoms with Gasteiger partial charge in [0.2, 0.25) is 10.0 Å². The number of ether oxygens (including phenoxy) is 1. The van der Waals surface area contributed by atoms with Crippen molar-refractivity contribution in [1.82, 2.24) is 24.2 Å². The Bertz CT molecular complexity index is 1280. The molecule has 1 fully saturated rings. The first-order valence-corrected chi connectivity index (χ1v) is 13.9. The van der Waals surface area contributed by atoms with E-state index < -0.39 is 10.0 Å². The first-order chi connectivity index (χ1) is 17.8. The summed E-state index contributed by atoms with van der Waals surface area (Å²) >= 11 is 0. The van der Waals surface area contributed by atoms with Crippen LogP contribution in [0.2, 0.25) is 0 Å². The van der Waals surface area contributed by atoms with Crippen LogP contribution >= 0.6 is 0 Å². The molecule has 0 amide bonds. The minimum Gasteiger partial charge on any atom is -0.464 e. The third-order valence-corrected chi connectivity index (χ3v) is 8.32. The van der Waals surface area contributed by atoms with Crippen LogP contribution < -0.4 is 0 Å². The molecule has 0 radical (unpaired) electrons. The second-order valence-corrected chi connectivity index (χ2v) is 11.3. The summed E-state index contributed by atoms with van der Waals surface area (Å²) in [6.07, 6.45) is 3.53. The predicted octanol–water partition coefficient (Wildman–Crippen LogP) is 2.48. The molecule has 1 saturated heterocycles. The summed E-state index contributed by atoms with van der Waals surface area (Å²) in [6, 6.07) is 16.2. The van der Waals surface area contributed by atoms with E-state index in [0.29, 0.717) is 30.8 Å². The first kappa shape index (κ1) is 26.9. The van der Waals surface area contributed by atoms with Gasteiger partial charge in [0.15, 0.2) is 0 Å². The molecule has 1 atom stereocenters. The minimum absolute atomic E-state index is 0.0160. The van der Waals surface area contributed by atoms with E-state index in [2.05, 4.69) is 10.3 Å². The van der Waals surface area contributed by atoms with E-state index in [9.17, 15) is 17.6 Å². The molecule has 0 spiro atoms. The highest BCUT2D eigenvalue weighted by atomic mass is 32.2. The van der Waals surface area contributed by atoms with Crippen LogP contribution in [0.25, 0.3) is 0 Å². The molecule has 1 unspecified atom stereocenters. The Kier molecular flexibility index (Phi) is 9.01. The van der Waals surface area contributed by atoms with E-state index >= 15 is 0 Å². The summed E-state index contributed by atoms with van der Waals surface area (Å²) < 4.78 is 47.6. The van der Waals surface area contributed by atoms with Crippen molar-refractivity contribution in [3.05, 3.63) is 83.4 Å². The van der Waals surface area contributed by atoms with Gasteiger partial charge in [0.1, 0.15) is 12.4 Å². The standard InChI is InChI=1S/C26H32FN5O4S/c1-30(14-15-36-26(33)13-7-10-21-8-3-2-4-9-21)24-19-32(37(34,35)20-24)18-23-17-31(29-28-23)16-22-11-5-6-12-25(22)27/h2-6,8-9,11-12,17,24H,7,10,13-16,18-20H2,1H3. The van der Waals surface area contributed by atoms with Gasteiger partial charge in [0.25, 0.3) is 0 Å². The molecule has 9 nitrogen and oxygen atoms in total. The molecule has 1 aliphatic heterocycles. The predicted molar refractivity (Wildman–Crippen MR) is 136 cm³/mol. The molecular formula is C26H32FN5O4S. The van der Waals surface area contributed by atoms with E-state index in [4.69, 9.17) is 4.74 Å². The molecule has 4 rings (SSSR count). The van der Waals surface area contributed by atoms with Gasteiger partial charge in [-0.15, -0.1) is 5.10 Å². The number of hydrogen-bond donors (Lipinski definition) is 0. The Labute approximate surface area is 216 Å². The lowest BCUT2D eigenvalue weighted by atomic mass is 10.1. The molecule has 11 heteroatoms. The number of halogens is 1. The number of rotatable bonds is 12. The molecule has 37 heavy (non-hydrogen) atoms. The summed E-state index contributed by atoms with van der Waals surface area (Å²) in [6.45, 7) is 1.27. The van der Waals surface area contributed by atoms with Crippen LogP contribution in [0, 0.1) is 5.82 Å². The largest absolute Gasteiger partial charge is 0.464 e. The molecule has 0 bridgehead atoms. The summed E-state index contributed by atoms with van der Waals surface area (Å²) in [5.74, 6) is -0.591. The summed E-state index contributed by atoms with van der Waals surface area (Å²) in [5, 5.41) is 8.08. The monoisotopic (exact) mass is 529 g/mol. The van der Waals surface area contributed by atoms with Crippen molar-refractivity contribution in [3.8, 4) is 0 Å². The molecule has 0 aliphatic carbocycles. The van der Waals surface area contributed by atoms with Gasteiger partial charge in [-0.3, -0.25) is 9.69 Å². The number of carbonyl (C=O) groups excluding carboxylic acids is 1. The van der Waals surface area contributed by atoms with Crippen LogP contribution in [0.15, 0.2) is 60.8 Å². The lowest BCUT2D eigenvalue weighted by molar-refractivity contribution is -0.144. The fourth-order valence-electron chi connectivity index (χ4n) is 4.29. The molecule has 198 valence electrons. The molecule has 3 aromatic rings. The normalized spacial score (nSPS) is 17.3. The van der Waals surface area contributed by atoms with Crippen LogP contribution in [0.5, 0.6) is 0 Å². The maximum absolute atomic E-state index is 13.9. The smallest absolute Gasteiger partial charge is 0.305 e. The molecular weight excluding hydrogens is 497 g/mol. The SMILES string of the molecule is CN(CCOC(=O)CCCc1ccccc1)C1CN(Cc2cn(Cc3ccccc3F)nn2)S(=O)(=O)C1. The lowest BCUT2D eigenvalue weighted by Gasteiger charge is -2.22. The Morgan fingerprint density at radius 2 is 1.89 bits per heavy atom. The molecule has 0 saturated carbocycles. The summed E-state index contributed by atoms with van der Waals surface area (Å²) in [7, 11) is -1.64. The Hall–Kier alpha value is -3.15. The fourth-order valence-corrected chi connectivity index (χ4v) is 6.07. The topological polar surface area (TPSA) is 97.6 Å². The molecule has 1 aliphatic rings. The van der Waals surface area contributed by atoms with Crippen molar-refractivity contribution >= 4 is 16.0 Å².